The Labute approximate surface area is 108 Å². The monoisotopic (exact) mass is 250 g/mol. The summed E-state index contributed by atoms with van der Waals surface area (Å²) in [5.74, 6) is 0.404. The fourth-order valence-electron chi connectivity index (χ4n) is 1.96. The quantitative estimate of drug-likeness (QED) is 0.667. The first-order valence-corrected chi connectivity index (χ1v) is 5.88. The van der Waals surface area contributed by atoms with Gasteiger partial charge < -0.3 is 4.42 Å². The lowest BCUT2D eigenvalue weighted by molar-refractivity contribution is 0.616. The van der Waals surface area contributed by atoms with Crippen LogP contribution < -0.4 is 10.9 Å². The van der Waals surface area contributed by atoms with Crippen LogP contribution in [0.4, 0.5) is 0 Å². The van der Waals surface area contributed by atoms with E-state index in [0.29, 0.717) is 11.1 Å². The van der Waals surface area contributed by atoms with Crippen LogP contribution in [0.25, 0.3) is 22.3 Å². The first-order valence-electron chi connectivity index (χ1n) is 5.88. The second-order valence-electron chi connectivity index (χ2n) is 4.17. The normalized spacial score (nSPS) is 10.5. The molecule has 0 saturated carbocycles. The van der Waals surface area contributed by atoms with Gasteiger partial charge >= 0.3 is 0 Å². The van der Waals surface area contributed by atoms with Gasteiger partial charge in [0, 0.05) is 11.6 Å². The van der Waals surface area contributed by atoms with Crippen LogP contribution in [-0.4, -0.2) is 0 Å². The van der Waals surface area contributed by atoms with Crippen molar-refractivity contribution in [3.63, 3.8) is 0 Å². The van der Waals surface area contributed by atoms with E-state index >= 15 is 0 Å². The first kappa shape index (κ1) is 11.4. The van der Waals surface area contributed by atoms with Crippen molar-refractivity contribution >= 4 is 11.0 Å². The Morgan fingerprint density at radius 1 is 0.737 bits per heavy atom. The number of fused-ring (bicyclic) bond motifs is 1. The van der Waals surface area contributed by atoms with Crippen molar-refractivity contribution in [2.24, 2.45) is 0 Å². The standard InChI is InChI=1S/C16H10O3/c17-13-9-5-4-8-12-14(18)10-15(19-16(12)13)11-6-2-1-3-7-11/h1-10H. The molecule has 0 saturated heterocycles. The van der Waals surface area contributed by atoms with Gasteiger partial charge in [0.25, 0.3) is 0 Å². The maximum atomic E-state index is 12.1. The molecule has 1 heterocycles. The molecule has 92 valence electrons. The van der Waals surface area contributed by atoms with Gasteiger partial charge in [-0.3, -0.25) is 9.59 Å². The Hall–Kier alpha value is -2.68. The van der Waals surface area contributed by atoms with Crippen LogP contribution >= 0.6 is 0 Å². The van der Waals surface area contributed by atoms with E-state index in [0.717, 1.165) is 5.56 Å². The van der Waals surface area contributed by atoms with Gasteiger partial charge in [0.05, 0.1) is 5.39 Å². The summed E-state index contributed by atoms with van der Waals surface area (Å²) in [6.07, 6.45) is 0. The van der Waals surface area contributed by atoms with E-state index in [1.165, 1.54) is 12.1 Å². The molecule has 1 aromatic heterocycles. The molecule has 2 aromatic carbocycles. The first-order chi connectivity index (χ1) is 9.25. The summed E-state index contributed by atoms with van der Waals surface area (Å²) in [6, 6.07) is 16.9. The van der Waals surface area contributed by atoms with Crippen molar-refractivity contribution in [2.75, 3.05) is 0 Å². The molecule has 3 aromatic rings. The molecule has 0 aliphatic rings. The molecule has 0 radical (unpaired) electrons. The van der Waals surface area contributed by atoms with Crippen LogP contribution in [0, 0.1) is 0 Å². The van der Waals surface area contributed by atoms with Crippen LogP contribution in [-0.2, 0) is 0 Å². The molecule has 0 N–H and O–H groups in total. The lowest BCUT2D eigenvalue weighted by atomic mass is 10.1. The summed E-state index contributed by atoms with van der Waals surface area (Å²) in [6.45, 7) is 0. The molecule has 0 aliphatic carbocycles. The average molecular weight is 250 g/mol. The maximum absolute atomic E-state index is 12.1. The molecular weight excluding hydrogens is 240 g/mol. The zero-order valence-corrected chi connectivity index (χ0v) is 10.00. The third kappa shape index (κ3) is 2.06. The van der Waals surface area contributed by atoms with Crippen molar-refractivity contribution in [3.8, 4) is 11.3 Å². The Bertz CT molecular complexity index is 848. The third-order valence-electron chi connectivity index (χ3n) is 2.89. The van der Waals surface area contributed by atoms with Gasteiger partial charge in [-0.25, -0.2) is 0 Å². The highest BCUT2D eigenvalue weighted by Crippen LogP contribution is 2.19. The van der Waals surface area contributed by atoms with Gasteiger partial charge in [-0.2, -0.15) is 0 Å². The zero-order chi connectivity index (χ0) is 13.2. The molecule has 3 heteroatoms. The van der Waals surface area contributed by atoms with E-state index in [4.69, 9.17) is 4.42 Å². The van der Waals surface area contributed by atoms with Gasteiger partial charge in [-0.1, -0.05) is 42.5 Å². The number of hydrogen-bond acceptors (Lipinski definition) is 3. The zero-order valence-electron chi connectivity index (χ0n) is 10.00. The molecule has 3 rings (SSSR count). The van der Waals surface area contributed by atoms with E-state index < -0.39 is 0 Å². The Morgan fingerprint density at radius 3 is 2.21 bits per heavy atom. The third-order valence-corrected chi connectivity index (χ3v) is 2.89. The lowest BCUT2D eigenvalue weighted by Crippen LogP contribution is -2.04. The Morgan fingerprint density at radius 2 is 1.42 bits per heavy atom. The van der Waals surface area contributed by atoms with Gasteiger partial charge in [-0.15, -0.1) is 0 Å². The largest absolute Gasteiger partial charge is 0.452 e. The highest BCUT2D eigenvalue weighted by Gasteiger charge is 2.07. The summed E-state index contributed by atoms with van der Waals surface area (Å²) in [4.78, 5) is 23.9. The molecule has 0 amide bonds. The molecule has 19 heavy (non-hydrogen) atoms. The fourth-order valence-corrected chi connectivity index (χ4v) is 1.96. The van der Waals surface area contributed by atoms with E-state index in [1.807, 2.05) is 30.3 Å². The number of hydrogen-bond donors (Lipinski definition) is 0. The van der Waals surface area contributed by atoms with Crippen LogP contribution in [0.3, 0.4) is 0 Å². The highest BCUT2D eigenvalue weighted by molar-refractivity contribution is 5.77. The van der Waals surface area contributed by atoms with Crippen molar-refractivity contribution in [3.05, 3.63) is 81.1 Å². The van der Waals surface area contributed by atoms with Crippen LogP contribution in [0.2, 0.25) is 0 Å². The molecule has 3 nitrogen and oxygen atoms in total. The molecule has 0 atom stereocenters. The smallest absolute Gasteiger partial charge is 0.221 e. The van der Waals surface area contributed by atoms with Crippen LogP contribution in [0.1, 0.15) is 0 Å². The van der Waals surface area contributed by atoms with Crippen molar-refractivity contribution < 1.29 is 4.42 Å². The van der Waals surface area contributed by atoms with Crippen molar-refractivity contribution in [1.29, 1.82) is 0 Å². The van der Waals surface area contributed by atoms with E-state index in [2.05, 4.69) is 0 Å². The van der Waals surface area contributed by atoms with Gasteiger partial charge in [0.1, 0.15) is 5.76 Å². The van der Waals surface area contributed by atoms with Crippen LogP contribution in [0.15, 0.2) is 74.7 Å². The maximum Gasteiger partial charge on any atom is 0.221 e. The van der Waals surface area contributed by atoms with Gasteiger partial charge in [0.15, 0.2) is 11.0 Å². The number of benzene rings is 1. The second-order valence-corrected chi connectivity index (χ2v) is 4.17. The van der Waals surface area contributed by atoms with E-state index in [1.54, 1.807) is 18.2 Å². The molecule has 0 bridgehead atoms. The topological polar surface area (TPSA) is 47.3 Å². The molecular formula is C16H10O3. The Kier molecular flexibility index (Phi) is 2.72. The minimum atomic E-state index is -0.296. The summed E-state index contributed by atoms with van der Waals surface area (Å²) < 4.78 is 5.61. The second kappa shape index (κ2) is 4.53. The molecule has 0 spiro atoms. The summed E-state index contributed by atoms with van der Waals surface area (Å²) >= 11 is 0. The minimum Gasteiger partial charge on any atom is -0.452 e. The average Bonchev–Trinajstić information content (AvgIpc) is 2.63. The highest BCUT2D eigenvalue weighted by atomic mass is 16.3. The van der Waals surface area contributed by atoms with Crippen LogP contribution in [0.5, 0.6) is 0 Å². The molecule has 0 unspecified atom stereocenters. The molecule has 0 aliphatic heterocycles. The van der Waals surface area contributed by atoms with Gasteiger partial charge in [0.2, 0.25) is 5.43 Å². The SMILES string of the molecule is O=c1cc(-c2ccccc2)oc2c(=O)ccccc12. The lowest BCUT2D eigenvalue weighted by Gasteiger charge is -2.00. The van der Waals surface area contributed by atoms with E-state index in [-0.39, 0.29) is 16.4 Å². The summed E-state index contributed by atoms with van der Waals surface area (Å²) in [5.41, 5.74) is 0.354. The summed E-state index contributed by atoms with van der Waals surface area (Å²) in [5, 5.41) is 0.301. The van der Waals surface area contributed by atoms with Crippen molar-refractivity contribution in [2.45, 2.75) is 0 Å². The number of rotatable bonds is 1. The van der Waals surface area contributed by atoms with Crippen molar-refractivity contribution in [1.82, 2.24) is 0 Å². The predicted molar refractivity (Wildman–Crippen MR) is 74.2 cm³/mol. The predicted octanol–water partition coefficient (Wildman–Crippen LogP) is 2.82. The fraction of sp³-hybridized carbons (Fsp3) is 0. The van der Waals surface area contributed by atoms with Gasteiger partial charge in [-0.05, 0) is 12.1 Å². The minimum absolute atomic E-state index is 0.0938. The molecule has 0 fully saturated rings. The van der Waals surface area contributed by atoms with E-state index in [9.17, 15) is 9.59 Å². The Balaban J connectivity index is 2.41. The summed E-state index contributed by atoms with van der Waals surface area (Å²) in [7, 11) is 0.